The maximum absolute atomic E-state index is 12.8. The van der Waals surface area contributed by atoms with E-state index in [1.54, 1.807) is 0 Å². The molecule has 2 aromatic carbocycles. The van der Waals surface area contributed by atoms with Crippen LogP contribution >= 0.6 is 0 Å². The highest BCUT2D eigenvalue weighted by Gasteiger charge is 2.30. The van der Waals surface area contributed by atoms with Crippen molar-refractivity contribution in [3.63, 3.8) is 0 Å². The normalized spacial score (nSPS) is 18.6. The Morgan fingerprint density at radius 1 is 1.03 bits per heavy atom. The van der Waals surface area contributed by atoms with Gasteiger partial charge in [-0.25, -0.2) is 4.99 Å². The van der Waals surface area contributed by atoms with Crippen LogP contribution < -0.4 is 5.32 Å². The zero-order valence-corrected chi connectivity index (χ0v) is 17.8. The van der Waals surface area contributed by atoms with Crippen LogP contribution in [0.4, 0.5) is 0 Å². The highest BCUT2D eigenvalue weighted by molar-refractivity contribution is 5.86. The number of nitrogens with one attached hydrogen (secondary N) is 1. The highest BCUT2D eigenvalue weighted by atomic mass is 16.5. The molecule has 0 bridgehead atoms. The van der Waals surface area contributed by atoms with Crippen LogP contribution in [0.3, 0.4) is 0 Å². The predicted molar refractivity (Wildman–Crippen MR) is 120 cm³/mol. The summed E-state index contributed by atoms with van der Waals surface area (Å²) in [6.07, 6.45) is 1.77. The quantitative estimate of drug-likeness (QED) is 0.624. The second-order valence-corrected chi connectivity index (χ2v) is 8.01. The molecule has 2 saturated heterocycles. The van der Waals surface area contributed by atoms with Crippen molar-refractivity contribution in [3.8, 4) is 0 Å². The van der Waals surface area contributed by atoms with Crippen molar-refractivity contribution < 1.29 is 9.53 Å². The maximum Gasteiger partial charge on any atom is 0.225 e. The van der Waals surface area contributed by atoms with Crippen LogP contribution in [0.5, 0.6) is 0 Å². The van der Waals surface area contributed by atoms with Gasteiger partial charge in [-0.05, 0) is 36.1 Å². The molecular formula is C24H32N4O2. The number of hydrogen-bond donors (Lipinski definition) is 1. The molecule has 0 saturated carbocycles. The number of fused-ring (bicyclic) bond motifs is 1. The number of guanidine groups is 1. The number of carbonyl (C=O) groups excluding carboxylic acids is 1. The molecule has 2 aliphatic rings. The minimum atomic E-state index is 0.125. The van der Waals surface area contributed by atoms with E-state index in [9.17, 15) is 4.79 Å². The summed E-state index contributed by atoms with van der Waals surface area (Å²) in [5, 5.41) is 5.95. The number of benzene rings is 2. The molecule has 1 amide bonds. The van der Waals surface area contributed by atoms with Crippen molar-refractivity contribution in [2.24, 2.45) is 10.9 Å². The fourth-order valence-corrected chi connectivity index (χ4v) is 4.40. The molecule has 30 heavy (non-hydrogen) atoms. The van der Waals surface area contributed by atoms with Gasteiger partial charge in [0.05, 0.1) is 19.8 Å². The van der Waals surface area contributed by atoms with Gasteiger partial charge in [0, 0.05) is 38.6 Å². The van der Waals surface area contributed by atoms with Crippen molar-refractivity contribution in [3.05, 3.63) is 48.0 Å². The first-order chi connectivity index (χ1) is 14.8. The van der Waals surface area contributed by atoms with E-state index >= 15 is 0 Å². The molecule has 2 fully saturated rings. The first kappa shape index (κ1) is 20.7. The van der Waals surface area contributed by atoms with E-state index in [2.05, 4.69) is 59.6 Å². The molecule has 0 atom stereocenters. The van der Waals surface area contributed by atoms with Gasteiger partial charge < -0.3 is 19.9 Å². The number of piperidine rings is 1. The van der Waals surface area contributed by atoms with Gasteiger partial charge in [0.25, 0.3) is 0 Å². The highest BCUT2D eigenvalue weighted by Crippen LogP contribution is 2.22. The molecule has 4 rings (SSSR count). The number of aliphatic imine (C=N–C) groups is 1. The van der Waals surface area contributed by atoms with Gasteiger partial charge in [-0.15, -0.1) is 0 Å². The monoisotopic (exact) mass is 408 g/mol. The Balaban J connectivity index is 1.40. The Hall–Kier alpha value is -2.60. The smallest absolute Gasteiger partial charge is 0.225 e. The molecule has 1 N–H and O–H groups in total. The minimum Gasteiger partial charge on any atom is -0.378 e. The van der Waals surface area contributed by atoms with Gasteiger partial charge in [-0.3, -0.25) is 4.79 Å². The Morgan fingerprint density at radius 3 is 2.53 bits per heavy atom. The van der Waals surface area contributed by atoms with Crippen LogP contribution in [0.2, 0.25) is 0 Å². The van der Waals surface area contributed by atoms with E-state index in [-0.39, 0.29) is 5.92 Å². The number of hydrogen-bond acceptors (Lipinski definition) is 3. The van der Waals surface area contributed by atoms with Gasteiger partial charge in [0.15, 0.2) is 5.96 Å². The number of morpholine rings is 1. The summed E-state index contributed by atoms with van der Waals surface area (Å²) in [5.74, 6) is 1.37. The topological polar surface area (TPSA) is 57.2 Å². The third-order valence-corrected chi connectivity index (χ3v) is 6.08. The summed E-state index contributed by atoms with van der Waals surface area (Å²) in [5.41, 5.74) is 1.24. The van der Waals surface area contributed by atoms with Crippen molar-refractivity contribution in [2.45, 2.75) is 26.3 Å². The molecule has 160 valence electrons. The second kappa shape index (κ2) is 9.94. The molecule has 0 radical (unpaired) electrons. The number of likely N-dealkylation sites (tertiary alicyclic amines) is 1. The fraction of sp³-hybridized carbons (Fsp3) is 0.500. The fourth-order valence-electron chi connectivity index (χ4n) is 4.40. The van der Waals surface area contributed by atoms with E-state index in [0.717, 1.165) is 51.5 Å². The molecular weight excluding hydrogens is 376 g/mol. The average Bonchev–Trinajstić information content (AvgIpc) is 2.82. The van der Waals surface area contributed by atoms with Gasteiger partial charge in [-0.1, -0.05) is 42.5 Å². The lowest BCUT2D eigenvalue weighted by molar-refractivity contribution is -0.140. The molecule has 0 unspecified atom stereocenters. The van der Waals surface area contributed by atoms with Gasteiger partial charge in [-0.2, -0.15) is 0 Å². The third-order valence-electron chi connectivity index (χ3n) is 6.08. The summed E-state index contributed by atoms with van der Waals surface area (Å²) in [6.45, 7) is 8.10. The van der Waals surface area contributed by atoms with Crippen LogP contribution in [-0.4, -0.2) is 67.6 Å². The SMILES string of the molecule is CCNC(=NCc1cccc2ccccc12)N1CCC(C(=O)N2CCOCC2)CC1. The van der Waals surface area contributed by atoms with E-state index in [1.165, 1.54) is 16.3 Å². The van der Waals surface area contributed by atoms with E-state index < -0.39 is 0 Å². The summed E-state index contributed by atoms with van der Waals surface area (Å²) >= 11 is 0. The Morgan fingerprint density at radius 2 is 1.77 bits per heavy atom. The lowest BCUT2D eigenvalue weighted by Crippen LogP contribution is -2.50. The Labute approximate surface area is 178 Å². The number of ether oxygens (including phenoxy) is 1. The predicted octanol–water partition coefficient (Wildman–Crippen LogP) is 2.88. The molecule has 0 aromatic heterocycles. The van der Waals surface area contributed by atoms with Crippen molar-refractivity contribution in [1.29, 1.82) is 0 Å². The number of amides is 1. The third kappa shape index (κ3) is 4.75. The molecule has 0 aliphatic carbocycles. The molecule has 2 aromatic rings. The van der Waals surface area contributed by atoms with Crippen LogP contribution in [0, 0.1) is 5.92 Å². The van der Waals surface area contributed by atoms with Crippen LogP contribution in [0.1, 0.15) is 25.3 Å². The molecule has 0 spiro atoms. The van der Waals surface area contributed by atoms with Gasteiger partial charge >= 0.3 is 0 Å². The van der Waals surface area contributed by atoms with Gasteiger partial charge in [0.1, 0.15) is 0 Å². The number of carbonyl (C=O) groups is 1. The van der Waals surface area contributed by atoms with E-state index in [0.29, 0.717) is 25.7 Å². The zero-order chi connectivity index (χ0) is 20.8. The average molecular weight is 409 g/mol. The number of rotatable bonds is 4. The Bertz CT molecular complexity index is 878. The molecule has 6 heteroatoms. The number of nitrogens with zero attached hydrogens (tertiary/aromatic N) is 3. The van der Waals surface area contributed by atoms with Crippen molar-refractivity contribution in [1.82, 2.24) is 15.1 Å². The van der Waals surface area contributed by atoms with Gasteiger partial charge in [0.2, 0.25) is 5.91 Å². The lowest BCUT2D eigenvalue weighted by atomic mass is 9.95. The molecule has 2 heterocycles. The Kier molecular flexibility index (Phi) is 6.84. The lowest BCUT2D eigenvalue weighted by Gasteiger charge is -2.36. The zero-order valence-electron chi connectivity index (χ0n) is 17.8. The minimum absolute atomic E-state index is 0.125. The standard InChI is InChI=1S/C24H32N4O2/c1-2-25-24(26-18-21-8-5-7-19-6-3-4-9-22(19)21)28-12-10-20(11-13-28)23(29)27-14-16-30-17-15-27/h3-9,20H,2,10-18H2,1H3,(H,25,26). The second-order valence-electron chi connectivity index (χ2n) is 8.01. The van der Waals surface area contributed by atoms with E-state index in [4.69, 9.17) is 9.73 Å². The van der Waals surface area contributed by atoms with Crippen LogP contribution in [-0.2, 0) is 16.1 Å². The maximum atomic E-state index is 12.8. The largest absolute Gasteiger partial charge is 0.378 e. The van der Waals surface area contributed by atoms with Crippen LogP contribution in [0.15, 0.2) is 47.5 Å². The van der Waals surface area contributed by atoms with Crippen molar-refractivity contribution >= 4 is 22.6 Å². The summed E-state index contributed by atoms with van der Waals surface area (Å²) in [6, 6.07) is 14.9. The molecule has 2 aliphatic heterocycles. The van der Waals surface area contributed by atoms with Crippen molar-refractivity contribution in [2.75, 3.05) is 45.9 Å². The summed E-state index contributed by atoms with van der Waals surface area (Å²) in [7, 11) is 0. The van der Waals surface area contributed by atoms with Crippen LogP contribution in [0.25, 0.3) is 10.8 Å². The summed E-state index contributed by atoms with van der Waals surface area (Å²) in [4.78, 5) is 22.0. The first-order valence-electron chi connectivity index (χ1n) is 11.1. The summed E-state index contributed by atoms with van der Waals surface area (Å²) < 4.78 is 5.38. The first-order valence-corrected chi connectivity index (χ1v) is 11.1. The molecule has 6 nitrogen and oxygen atoms in total. The van der Waals surface area contributed by atoms with E-state index in [1.807, 2.05) is 4.90 Å².